The molecule has 0 spiro atoms. The monoisotopic (exact) mass is 399 g/mol. The molecule has 1 aliphatic rings. The summed E-state index contributed by atoms with van der Waals surface area (Å²) in [7, 11) is 2.04. The van der Waals surface area contributed by atoms with Crippen molar-refractivity contribution in [3.05, 3.63) is 64.7 Å². The largest absolute Gasteiger partial charge is 0.492 e. The molecule has 0 saturated heterocycles. The first kappa shape index (κ1) is 21.5. The Hall–Kier alpha value is -3.24. The van der Waals surface area contributed by atoms with E-state index < -0.39 is 0 Å². The van der Waals surface area contributed by atoms with Gasteiger partial charge in [-0.2, -0.15) is 10.5 Å². The fourth-order valence-electron chi connectivity index (χ4n) is 4.01. The minimum atomic E-state index is 0.113. The van der Waals surface area contributed by atoms with Crippen LogP contribution in [0.5, 0.6) is 5.75 Å². The van der Waals surface area contributed by atoms with Gasteiger partial charge in [0.25, 0.3) is 0 Å². The van der Waals surface area contributed by atoms with Crippen LogP contribution in [-0.2, 0) is 0 Å². The highest BCUT2D eigenvalue weighted by atomic mass is 16.5. The molecule has 0 unspecified atom stereocenters. The van der Waals surface area contributed by atoms with E-state index in [2.05, 4.69) is 35.2 Å². The molecular weight excluding hydrogens is 370 g/mol. The van der Waals surface area contributed by atoms with Gasteiger partial charge in [-0.1, -0.05) is 37.5 Å². The molecule has 0 amide bonds. The molecular formula is C26H29N3O. The van der Waals surface area contributed by atoms with E-state index in [-0.39, 0.29) is 5.57 Å². The fourth-order valence-corrected chi connectivity index (χ4v) is 4.01. The van der Waals surface area contributed by atoms with Gasteiger partial charge in [-0.15, -0.1) is 0 Å². The topological polar surface area (TPSA) is 60.0 Å². The highest BCUT2D eigenvalue weighted by Crippen LogP contribution is 2.33. The number of aryl methyl sites for hydroxylation is 1. The Morgan fingerprint density at radius 2 is 1.77 bits per heavy atom. The van der Waals surface area contributed by atoms with E-state index >= 15 is 0 Å². The SMILES string of the molecule is Cc1cc(N(C)CCOc2ccc(C3CCCCC3)cc2)ccc1C=C(C#N)C#N. The van der Waals surface area contributed by atoms with Gasteiger partial charge in [0.1, 0.15) is 30.1 Å². The molecule has 0 N–H and O–H groups in total. The van der Waals surface area contributed by atoms with Gasteiger partial charge in [0.05, 0.1) is 6.54 Å². The molecule has 2 aromatic rings. The van der Waals surface area contributed by atoms with E-state index in [1.165, 1.54) is 37.7 Å². The number of likely N-dealkylation sites (N-methyl/N-ethyl adjacent to an activating group) is 1. The van der Waals surface area contributed by atoms with Gasteiger partial charge in [-0.05, 0) is 72.7 Å². The molecule has 3 rings (SSSR count). The van der Waals surface area contributed by atoms with Crippen molar-refractivity contribution in [1.29, 1.82) is 10.5 Å². The van der Waals surface area contributed by atoms with Crippen molar-refractivity contribution >= 4 is 11.8 Å². The van der Waals surface area contributed by atoms with Crippen LogP contribution in [0.2, 0.25) is 0 Å². The number of nitriles is 2. The van der Waals surface area contributed by atoms with Gasteiger partial charge in [-0.25, -0.2) is 0 Å². The maximum Gasteiger partial charge on any atom is 0.130 e. The van der Waals surface area contributed by atoms with Gasteiger partial charge in [-0.3, -0.25) is 0 Å². The summed E-state index contributed by atoms with van der Waals surface area (Å²) >= 11 is 0. The average Bonchev–Trinajstić information content (AvgIpc) is 2.79. The van der Waals surface area contributed by atoms with Crippen LogP contribution in [0.15, 0.2) is 48.0 Å². The maximum atomic E-state index is 8.93. The number of hydrogen-bond donors (Lipinski definition) is 0. The molecule has 4 nitrogen and oxygen atoms in total. The number of ether oxygens (including phenoxy) is 1. The number of rotatable bonds is 7. The summed E-state index contributed by atoms with van der Waals surface area (Å²) in [5.74, 6) is 1.64. The second-order valence-electron chi connectivity index (χ2n) is 8.00. The number of hydrogen-bond acceptors (Lipinski definition) is 4. The molecule has 154 valence electrons. The summed E-state index contributed by atoms with van der Waals surface area (Å²) in [4.78, 5) is 2.15. The van der Waals surface area contributed by atoms with E-state index in [9.17, 15) is 0 Å². The minimum absolute atomic E-state index is 0.113. The predicted octanol–water partition coefficient (Wildman–Crippen LogP) is 5.99. The third-order valence-corrected chi connectivity index (χ3v) is 5.89. The van der Waals surface area contributed by atoms with Gasteiger partial charge < -0.3 is 9.64 Å². The van der Waals surface area contributed by atoms with Crippen molar-refractivity contribution in [2.75, 3.05) is 25.1 Å². The third kappa shape index (κ3) is 5.65. The first-order valence-electron chi connectivity index (χ1n) is 10.7. The Balaban J connectivity index is 1.52. The zero-order chi connectivity index (χ0) is 21.3. The lowest BCUT2D eigenvalue weighted by Crippen LogP contribution is -2.23. The Morgan fingerprint density at radius 1 is 1.07 bits per heavy atom. The van der Waals surface area contributed by atoms with Gasteiger partial charge in [0, 0.05) is 12.7 Å². The molecule has 0 atom stereocenters. The van der Waals surface area contributed by atoms with Gasteiger partial charge >= 0.3 is 0 Å². The molecule has 0 aliphatic heterocycles. The van der Waals surface area contributed by atoms with E-state index in [0.29, 0.717) is 6.61 Å². The zero-order valence-electron chi connectivity index (χ0n) is 17.9. The standard InChI is InChI=1S/C26H29N3O/c1-20-16-25(11-8-24(20)17-21(18-27)19-28)29(2)14-15-30-26-12-9-23(10-13-26)22-6-4-3-5-7-22/h8-13,16-17,22H,3-7,14-15H2,1-2H3. The smallest absolute Gasteiger partial charge is 0.130 e. The van der Waals surface area contributed by atoms with Crippen LogP contribution < -0.4 is 9.64 Å². The van der Waals surface area contributed by atoms with Crippen LogP contribution in [0.4, 0.5) is 5.69 Å². The highest BCUT2D eigenvalue weighted by molar-refractivity contribution is 5.66. The zero-order valence-corrected chi connectivity index (χ0v) is 17.9. The Kier molecular flexibility index (Phi) is 7.52. The molecule has 0 heterocycles. The van der Waals surface area contributed by atoms with Gasteiger partial charge in [0.2, 0.25) is 0 Å². The van der Waals surface area contributed by atoms with Crippen LogP contribution in [0.25, 0.3) is 6.08 Å². The Labute approximate surface area is 180 Å². The van der Waals surface area contributed by atoms with Crippen LogP contribution >= 0.6 is 0 Å². The first-order chi connectivity index (χ1) is 14.6. The summed E-state index contributed by atoms with van der Waals surface area (Å²) < 4.78 is 5.95. The van der Waals surface area contributed by atoms with E-state index in [0.717, 1.165) is 35.0 Å². The lowest BCUT2D eigenvalue weighted by molar-refractivity contribution is 0.325. The molecule has 1 fully saturated rings. The van der Waals surface area contributed by atoms with Crippen molar-refractivity contribution in [3.8, 4) is 17.9 Å². The summed E-state index contributed by atoms with van der Waals surface area (Å²) in [5.41, 5.74) is 4.55. The Bertz CT molecular complexity index is 941. The van der Waals surface area contributed by atoms with Crippen molar-refractivity contribution in [2.45, 2.75) is 44.9 Å². The molecule has 2 aromatic carbocycles. The predicted molar refractivity (Wildman–Crippen MR) is 121 cm³/mol. The van der Waals surface area contributed by atoms with Crippen LogP contribution in [-0.4, -0.2) is 20.2 Å². The fraction of sp³-hybridized carbons (Fsp3) is 0.385. The van der Waals surface area contributed by atoms with E-state index in [4.69, 9.17) is 15.3 Å². The Morgan fingerprint density at radius 3 is 2.40 bits per heavy atom. The third-order valence-electron chi connectivity index (χ3n) is 5.89. The van der Waals surface area contributed by atoms with Crippen molar-refractivity contribution in [1.82, 2.24) is 0 Å². The molecule has 1 saturated carbocycles. The summed E-state index contributed by atoms with van der Waals surface area (Å²) in [6.45, 7) is 3.35. The van der Waals surface area contributed by atoms with E-state index in [1.807, 2.05) is 38.2 Å². The van der Waals surface area contributed by atoms with Crippen LogP contribution in [0.1, 0.15) is 54.7 Å². The molecule has 1 aliphatic carbocycles. The first-order valence-corrected chi connectivity index (χ1v) is 10.7. The molecule has 0 aromatic heterocycles. The normalized spacial score (nSPS) is 13.7. The average molecular weight is 400 g/mol. The number of nitrogens with zero attached hydrogens (tertiary/aromatic N) is 3. The lowest BCUT2D eigenvalue weighted by Gasteiger charge is -2.22. The van der Waals surface area contributed by atoms with Crippen molar-refractivity contribution < 1.29 is 4.74 Å². The quantitative estimate of drug-likeness (QED) is 0.537. The summed E-state index contributed by atoms with van der Waals surface area (Å²) in [6.07, 6.45) is 8.33. The van der Waals surface area contributed by atoms with Crippen molar-refractivity contribution in [3.63, 3.8) is 0 Å². The highest BCUT2D eigenvalue weighted by Gasteiger charge is 2.15. The molecule has 4 heteroatoms. The molecule has 0 radical (unpaired) electrons. The van der Waals surface area contributed by atoms with Crippen LogP contribution in [0, 0.1) is 29.6 Å². The maximum absolute atomic E-state index is 8.93. The molecule has 0 bridgehead atoms. The lowest BCUT2D eigenvalue weighted by atomic mass is 9.84. The summed E-state index contributed by atoms with van der Waals surface area (Å²) in [6, 6.07) is 18.5. The minimum Gasteiger partial charge on any atom is -0.492 e. The summed E-state index contributed by atoms with van der Waals surface area (Å²) in [5, 5.41) is 17.9. The number of benzene rings is 2. The number of allylic oxidation sites excluding steroid dienone is 1. The van der Waals surface area contributed by atoms with Crippen molar-refractivity contribution in [2.24, 2.45) is 0 Å². The number of anilines is 1. The van der Waals surface area contributed by atoms with E-state index in [1.54, 1.807) is 6.08 Å². The van der Waals surface area contributed by atoms with Crippen LogP contribution in [0.3, 0.4) is 0 Å². The molecule has 30 heavy (non-hydrogen) atoms. The second-order valence-corrected chi connectivity index (χ2v) is 8.00. The van der Waals surface area contributed by atoms with Gasteiger partial charge in [0.15, 0.2) is 0 Å². The second kappa shape index (κ2) is 10.5.